The maximum atomic E-state index is 12.8. The van der Waals surface area contributed by atoms with Crippen molar-refractivity contribution in [3.8, 4) is 0 Å². The van der Waals surface area contributed by atoms with E-state index < -0.39 is 0 Å². The fourth-order valence-electron chi connectivity index (χ4n) is 3.82. The number of hydrogen-bond donors (Lipinski definition) is 1. The summed E-state index contributed by atoms with van der Waals surface area (Å²) in [5.41, 5.74) is 8.09. The molecule has 2 aromatic carbocycles. The van der Waals surface area contributed by atoms with Gasteiger partial charge in [-0.25, -0.2) is 0 Å². The number of nitrogens with one attached hydrogen (secondary N) is 1. The molecule has 0 atom stereocenters. The van der Waals surface area contributed by atoms with Gasteiger partial charge in [0.2, 0.25) is 5.91 Å². The van der Waals surface area contributed by atoms with Crippen molar-refractivity contribution in [2.24, 2.45) is 0 Å². The van der Waals surface area contributed by atoms with Gasteiger partial charge in [-0.1, -0.05) is 49.6 Å². The monoisotopic (exact) mass is 453 g/mol. The molecule has 0 aliphatic rings. The van der Waals surface area contributed by atoms with Crippen LogP contribution in [0.1, 0.15) is 49.3 Å². The summed E-state index contributed by atoms with van der Waals surface area (Å²) in [6, 6.07) is 14.1. The molecular weight excluding hydrogens is 422 g/mol. The zero-order valence-electron chi connectivity index (χ0n) is 20.1. The number of aromatic nitrogens is 1. The standard InChI is InChI=1S/C29H31N3O2/c1-6-25-15-26(21(4)12-20(25)3)18-31-29(34)27-14-24(16-30-17-27)13-22-8-10-23(11-9-22)19-32(5)28(33)7-2/h6-12,14-17H,1-2,13,18-19H2,3-5H3,(H,31,34). The fourth-order valence-corrected chi connectivity index (χ4v) is 3.82. The van der Waals surface area contributed by atoms with Gasteiger partial charge < -0.3 is 10.2 Å². The molecule has 3 aromatic rings. The molecule has 1 N–H and O–H groups in total. The first-order chi connectivity index (χ1) is 16.3. The highest BCUT2D eigenvalue weighted by Crippen LogP contribution is 2.18. The normalized spacial score (nSPS) is 10.4. The predicted molar refractivity (Wildman–Crippen MR) is 137 cm³/mol. The van der Waals surface area contributed by atoms with Gasteiger partial charge in [0.15, 0.2) is 0 Å². The third-order valence-electron chi connectivity index (χ3n) is 5.84. The average Bonchev–Trinajstić information content (AvgIpc) is 2.84. The summed E-state index contributed by atoms with van der Waals surface area (Å²) < 4.78 is 0. The van der Waals surface area contributed by atoms with Crippen LogP contribution in [0.4, 0.5) is 0 Å². The molecule has 0 bridgehead atoms. The van der Waals surface area contributed by atoms with E-state index in [9.17, 15) is 9.59 Å². The van der Waals surface area contributed by atoms with Crippen molar-refractivity contribution < 1.29 is 9.59 Å². The van der Waals surface area contributed by atoms with Crippen LogP contribution in [-0.2, 0) is 24.3 Å². The molecule has 2 amide bonds. The highest BCUT2D eigenvalue weighted by atomic mass is 16.2. The molecule has 0 aliphatic carbocycles. The Hall–Kier alpha value is -3.99. The molecule has 0 aliphatic heterocycles. The number of benzene rings is 2. The summed E-state index contributed by atoms with van der Waals surface area (Å²) in [5, 5.41) is 3.01. The maximum Gasteiger partial charge on any atom is 0.253 e. The number of likely N-dealkylation sites (N-methyl/N-ethyl adjacent to an activating group) is 1. The third kappa shape index (κ3) is 6.29. The fraction of sp³-hybridized carbons (Fsp3) is 0.207. The Labute approximate surface area is 201 Å². The van der Waals surface area contributed by atoms with Gasteiger partial charge in [-0.2, -0.15) is 0 Å². The molecule has 34 heavy (non-hydrogen) atoms. The minimum atomic E-state index is -0.153. The quantitative estimate of drug-likeness (QED) is 0.464. The summed E-state index contributed by atoms with van der Waals surface area (Å²) in [5.74, 6) is -0.260. The van der Waals surface area contributed by atoms with Gasteiger partial charge in [0.25, 0.3) is 5.91 Å². The van der Waals surface area contributed by atoms with Crippen LogP contribution in [0.3, 0.4) is 0 Å². The number of pyridine rings is 1. The molecule has 0 unspecified atom stereocenters. The number of aryl methyl sites for hydroxylation is 2. The zero-order valence-corrected chi connectivity index (χ0v) is 20.1. The second-order valence-electron chi connectivity index (χ2n) is 8.50. The van der Waals surface area contributed by atoms with E-state index in [4.69, 9.17) is 0 Å². The topological polar surface area (TPSA) is 62.3 Å². The molecule has 0 radical (unpaired) electrons. The Bertz CT molecular complexity index is 1210. The maximum absolute atomic E-state index is 12.8. The highest BCUT2D eigenvalue weighted by Gasteiger charge is 2.10. The Balaban J connectivity index is 1.63. The minimum absolute atomic E-state index is 0.107. The van der Waals surface area contributed by atoms with Crippen LogP contribution in [0.2, 0.25) is 0 Å². The lowest BCUT2D eigenvalue weighted by atomic mass is 10.00. The van der Waals surface area contributed by atoms with E-state index in [0.29, 0.717) is 25.1 Å². The molecule has 0 spiro atoms. The summed E-state index contributed by atoms with van der Waals surface area (Å²) in [4.78, 5) is 30.3. The summed E-state index contributed by atoms with van der Waals surface area (Å²) in [6.07, 6.45) is 7.17. The van der Waals surface area contributed by atoms with Crippen molar-refractivity contribution in [3.63, 3.8) is 0 Å². The van der Waals surface area contributed by atoms with E-state index in [1.54, 1.807) is 24.3 Å². The number of carbonyl (C=O) groups excluding carboxylic acids is 2. The van der Waals surface area contributed by atoms with Crippen LogP contribution in [-0.4, -0.2) is 28.7 Å². The number of rotatable bonds is 9. The lowest BCUT2D eigenvalue weighted by molar-refractivity contribution is -0.125. The van der Waals surface area contributed by atoms with Crippen LogP contribution in [0, 0.1) is 13.8 Å². The first-order valence-electron chi connectivity index (χ1n) is 11.2. The highest BCUT2D eigenvalue weighted by molar-refractivity contribution is 5.94. The number of amides is 2. The van der Waals surface area contributed by atoms with E-state index in [1.165, 1.54) is 11.6 Å². The largest absolute Gasteiger partial charge is 0.348 e. The van der Waals surface area contributed by atoms with Crippen molar-refractivity contribution in [1.82, 2.24) is 15.2 Å². The molecule has 0 saturated carbocycles. The van der Waals surface area contributed by atoms with Gasteiger partial charge in [0.1, 0.15) is 0 Å². The first-order valence-corrected chi connectivity index (χ1v) is 11.2. The van der Waals surface area contributed by atoms with Crippen molar-refractivity contribution in [3.05, 3.63) is 119 Å². The van der Waals surface area contributed by atoms with Gasteiger partial charge in [0.05, 0.1) is 5.56 Å². The lowest BCUT2D eigenvalue weighted by Gasteiger charge is -2.15. The van der Waals surface area contributed by atoms with Crippen LogP contribution < -0.4 is 5.32 Å². The molecule has 0 fully saturated rings. The smallest absolute Gasteiger partial charge is 0.253 e. The number of nitrogens with zero attached hydrogens (tertiary/aromatic N) is 2. The number of carbonyl (C=O) groups is 2. The molecule has 174 valence electrons. The molecular formula is C29H31N3O2. The van der Waals surface area contributed by atoms with Gasteiger partial charge in [-0.3, -0.25) is 14.6 Å². The Morgan fingerprint density at radius 2 is 1.68 bits per heavy atom. The van der Waals surface area contributed by atoms with E-state index in [2.05, 4.69) is 42.5 Å². The second-order valence-corrected chi connectivity index (χ2v) is 8.50. The second kappa shape index (κ2) is 11.2. The van der Waals surface area contributed by atoms with Crippen molar-refractivity contribution >= 4 is 17.9 Å². The molecule has 1 aromatic heterocycles. The van der Waals surface area contributed by atoms with Crippen LogP contribution in [0.5, 0.6) is 0 Å². The number of hydrogen-bond acceptors (Lipinski definition) is 3. The van der Waals surface area contributed by atoms with E-state index in [1.807, 2.05) is 43.3 Å². The molecule has 1 heterocycles. The van der Waals surface area contributed by atoms with Gasteiger partial charge >= 0.3 is 0 Å². The van der Waals surface area contributed by atoms with E-state index >= 15 is 0 Å². The van der Waals surface area contributed by atoms with Crippen molar-refractivity contribution in [1.29, 1.82) is 0 Å². The summed E-state index contributed by atoms with van der Waals surface area (Å²) in [7, 11) is 1.75. The van der Waals surface area contributed by atoms with Gasteiger partial charge in [-0.15, -0.1) is 0 Å². The Morgan fingerprint density at radius 3 is 2.35 bits per heavy atom. The predicted octanol–water partition coefficient (Wildman–Crippen LogP) is 5.01. The average molecular weight is 454 g/mol. The molecule has 3 rings (SSSR count). The van der Waals surface area contributed by atoms with Crippen molar-refractivity contribution in [2.75, 3.05) is 7.05 Å². The van der Waals surface area contributed by atoms with E-state index in [0.717, 1.165) is 33.4 Å². The zero-order chi connectivity index (χ0) is 24.7. The first kappa shape index (κ1) is 24.6. The molecule has 5 heteroatoms. The van der Waals surface area contributed by atoms with E-state index in [-0.39, 0.29) is 11.8 Å². The Morgan fingerprint density at radius 1 is 0.971 bits per heavy atom. The Kier molecular flexibility index (Phi) is 8.14. The molecule has 5 nitrogen and oxygen atoms in total. The lowest BCUT2D eigenvalue weighted by Crippen LogP contribution is -2.23. The van der Waals surface area contributed by atoms with Gasteiger partial charge in [-0.05, 0) is 77.4 Å². The third-order valence-corrected chi connectivity index (χ3v) is 5.84. The van der Waals surface area contributed by atoms with Crippen LogP contribution in [0.25, 0.3) is 6.08 Å². The molecule has 0 saturated heterocycles. The van der Waals surface area contributed by atoms with Crippen LogP contribution in [0.15, 0.2) is 74.1 Å². The summed E-state index contributed by atoms with van der Waals surface area (Å²) in [6.45, 7) is 12.4. The minimum Gasteiger partial charge on any atom is -0.348 e. The van der Waals surface area contributed by atoms with Crippen LogP contribution >= 0.6 is 0 Å². The SMILES string of the molecule is C=CC(=O)N(C)Cc1ccc(Cc2cncc(C(=O)NCc3cc(C=C)c(C)cc3C)c2)cc1. The summed E-state index contributed by atoms with van der Waals surface area (Å²) >= 11 is 0. The van der Waals surface area contributed by atoms with Crippen molar-refractivity contribution in [2.45, 2.75) is 33.4 Å². The van der Waals surface area contributed by atoms with Gasteiger partial charge in [0, 0.05) is 32.5 Å².